The van der Waals surface area contributed by atoms with Crippen molar-refractivity contribution in [3.63, 3.8) is 0 Å². The number of quaternary nitrogens is 1. The highest BCUT2D eigenvalue weighted by molar-refractivity contribution is 7.86. The van der Waals surface area contributed by atoms with Crippen LogP contribution in [0.3, 0.4) is 0 Å². The highest BCUT2D eigenvalue weighted by atomic mass is 32.2. The number of ether oxygens (including phenoxy) is 3. The van der Waals surface area contributed by atoms with Crippen LogP contribution in [0.1, 0.15) is 48.8 Å². The van der Waals surface area contributed by atoms with Crippen molar-refractivity contribution in [1.29, 1.82) is 0 Å². The summed E-state index contributed by atoms with van der Waals surface area (Å²) < 4.78 is 79.0. The lowest BCUT2D eigenvalue weighted by molar-refractivity contribution is -0.950. The maximum absolute atomic E-state index is 12.7. The van der Waals surface area contributed by atoms with Crippen LogP contribution < -0.4 is 9.47 Å². The van der Waals surface area contributed by atoms with Crippen molar-refractivity contribution >= 4 is 10.1 Å². The van der Waals surface area contributed by atoms with Gasteiger partial charge in [0.2, 0.25) is 0 Å². The van der Waals surface area contributed by atoms with E-state index in [0.717, 1.165) is 59.7 Å². The van der Waals surface area contributed by atoms with Crippen molar-refractivity contribution in [3.8, 4) is 11.5 Å². The molecule has 0 amide bonds. The molecule has 42 heavy (non-hydrogen) atoms. The number of hydrogen-bond donors (Lipinski definition) is 1. The first kappa shape index (κ1) is 29.7. The Balaban J connectivity index is 0.000000350. The Labute approximate surface area is 243 Å². The normalized spacial score (nSPS) is 34.5. The second-order valence-electron chi connectivity index (χ2n) is 12.6. The van der Waals surface area contributed by atoms with E-state index in [1.165, 1.54) is 30.5 Å². The zero-order chi connectivity index (χ0) is 30.1. The number of likely N-dealkylation sites (tertiary alicyclic amines) is 1. The minimum Gasteiger partial charge on any atom is -0.741 e. The van der Waals surface area contributed by atoms with Gasteiger partial charge in [-0.2, -0.15) is 13.2 Å². The van der Waals surface area contributed by atoms with Crippen LogP contribution in [0.4, 0.5) is 13.2 Å². The second kappa shape index (κ2) is 10.1. The third-order valence-electron chi connectivity index (χ3n) is 10.2. The van der Waals surface area contributed by atoms with E-state index in [2.05, 4.69) is 31.3 Å². The van der Waals surface area contributed by atoms with E-state index in [4.69, 9.17) is 27.2 Å². The lowest BCUT2D eigenvalue weighted by Crippen LogP contribution is -2.81. The van der Waals surface area contributed by atoms with Crippen molar-refractivity contribution in [2.45, 2.75) is 79.9 Å². The molecule has 12 heteroatoms. The number of aliphatic hydroxyl groups is 1. The summed E-state index contributed by atoms with van der Waals surface area (Å²) in [6.45, 7) is 2.79. The molecular formula is C30H36F3NO7S. The van der Waals surface area contributed by atoms with Gasteiger partial charge in [-0.1, -0.05) is 36.4 Å². The smallest absolute Gasteiger partial charge is 0.485 e. The molecule has 5 aliphatic rings. The van der Waals surface area contributed by atoms with Gasteiger partial charge in [0.05, 0.1) is 31.7 Å². The van der Waals surface area contributed by atoms with Crippen LogP contribution >= 0.6 is 0 Å². The fraction of sp³-hybridized carbons (Fsp3) is 0.600. The highest BCUT2D eigenvalue weighted by Gasteiger charge is 2.76. The first-order chi connectivity index (χ1) is 19.7. The third kappa shape index (κ3) is 4.61. The molecule has 8 nitrogen and oxygen atoms in total. The van der Waals surface area contributed by atoms with E-state index in [1.54, 1.807) is 7.11 Å². The molecule has 3 fully saturated rings. The Morgan fingerprint density at radius 3 is 2.43 bits per heavy atom. The van der Waals surface area contributed by atoms with E-state index in [9.17, 15) is 18.3 Å². The molecule has 3 aliphatic carbocycles. The minimum absolute atomic E-state index is 0.0125. The van der Waals surface area contributed by atoms with Gasteiger partial charge in [0.25, 0.3) is 0 Å². The predicted molar refractivity (Wildman–Crippen MR) is 145 cm³/mol. The lowest BCUT2D eigenvalue weighted by Gasteiger charge is -2.65. The average Bonchev–Trinajstić information content (AvgIpc) is 3.66. The maximum Gasteiger partial charge on any atom is 0.485 e. The van der Waals surface area contributed by atoms with Crippen molar-refractivity contribution in [1.82, 2.24) is 0 Å². The standard InChI is InChI=1S/C29H36NO4.CHF3O3S/c1-30(17-19-8-9-19)15-14-28-25-21-10-11-22(33-18-20-6-4-3-5-7-20)26(25)34-27(28)23(32-2)12-13-29(28,31)24(30)16-21;2-1(3,4)8(5,6)7/h3-7,10-11,19,23-24,27,31H,8-9,12-18H2,1-2H3;(H,5,6,7)/q+1;/p-1/t23?,24-,27+,28+,29?,30?;/m1./s1. The van der Waals surface area contributed by atoms with Gasteiger partial charge in [-0.3, -0.25) is 0 Å². The molecule has 2 bridgehead atoms. The van der Waals surface area contributed by atoms with Gasteiger partial charge < -0.3 is 28.4 Å². The van der Waals surface area contributed by atoms with Gasteiger partial charge in [0.15, 0.2) is 21.6 Å². The Hall–Kier alpha value is -2.38. The Bertz CT molecular complexity index is 1450. The van der Waals surface area contributed by atoms with E-state index in [1.807, 2.05) is 18.2 Å². The number of likely N-dealkylation sites (N-methyl/N-ethyl adjacent to an activating group) is 1. The lowest BCUT2D eigenvalue weighted by atomic mass is 9.48. The first-order valence-corrected chi connectivity index (χ1v) is 15.8. The molecule has 2 aromatic rings. The van der Waals surface area contributed by atoms with E-state index in [-0.39, 0.29) is 18.2 Å². The largest absolute Gasteiger partial charge is 0.741 e. The predicted octanol–water partition coefficient (Wildman–Crippen LogP) is 4.04. The molecular weight excluding hydrogens is 575 g/mol. The van der Waals surface area contributed by atoms with Gasteiger partial charge in [0, 0.05) is 31.4 Å². The molecule has 3 unspecified atom stereocenters. The van der Waals surface area contributed by atoms with Crippen LogP contribution in [0.2, 0.25) is 0 Å². The number of methoxy groups -OCH3 is 1. The third-order valence-corrected chi connectivity index (χ3v) is 10.8. The van der Waals surface area contributed by atoms with Crippen molar-refractivity contribution < 1.29 is 49.9 Å². The van der Waals surface area contributed by atoms with E-state index < -0.39 is 26.6 Å². The number of rotatable bonds is 6. The summed E-state index contributed by atoms with van der Waals surface area (Å²) in [6.07, 6.45) is 6.00. The minimum atomic E-state index is -6.09. The quantitative estimate of drug-likeness (QED) is 0.299. The van der Waals surface area contributed by atoms with Crippen molar-refractivity contribution in [2.24, 2.45) is 5.92 Å². The van der Waals surface area contributed by atoms with Crippen molar-refractivity contribution in [3.05, 3.63) is 59.2 Å². The summed E-state index contributed by atoms with van der Waals surface area (Å²) >= 11 is 0. The number of hydrogen-bond acceptors (Lipinski definition) is 7. The van der Waals surface area contributed by atoms with Gasteiger partial charge >= 0.3 is 5.51 Å². The first-order valence-electron chi connectivity index (χ1n) is 14.3. The second-order valence-corrected chi connectivity index (χ2v) is 14.0. The summed E-state index contributed by atoms with van der Waals surface area (Å²) in [7, 11) is -1.89. The van der Waals surface area contributed by atoms with Crippen LogP contribution in [0.25, 0.3) is 0 Å². The summed E-state index contributed by atoms with van der Waals surface area (Å²) in [5, 5.41) is 12.7. The fourth-order valence-electron chi connectivity index (χ4n) is 8.19. The van der Waals surface area contributed by atoms with Crippen molar-refractivity contribution in [2.75, 3.05) is 27.2 Å². The topological polar surface area (TPSA) is 105 Å². The van der Waals surface area contributed by atoms with Gasteiger partial charge in [0.1, 0.15) is 24.4 Å². The number of piperidine rings is 1. The van der Waals surface area contributed by atoms with Gasteiger partial charge in [-0.25, -0.2) is 8.42 Å². The Kier molecular flexibility index (Phi) is 7.13. The zero-order valence-corrected chi connectivity index (χ0v) is 24.4. The summed E-state index contributed by atoms with van der Waals surface area (Å²) in [5.41, 5.74) is -3.12. The molecule has 0 radical (unpaired) electrons. The zero-order valence-electron chi connectivity index (χ0n) is 23.6. The van der Waals surface area contributed by atoms with Crippen LogP contribution in [-0.2, 0) is 33.3 Å². The molecule has 6 atom stereocenters. The molecule has 230 valence electrons. The van der Waals surface area contributed by atoms with Crippen LogP contribution in [0.5, 0.6) is 11.5 Å². The van der Waals surface area contributed by atoms with E-state index >= 15 is 0 Å². The average molecular weight is 612 g/mol. The number of benzene rings is 2. The van der Waals surface area contributed by atoms with Gasteiger partial charge in [-0.15, -0.1) is 0 Å². The van der Waals surface area contributed by atoms with Crippen LogP contribution in [0, 0.1) is 5.92 Å². The SMILES string of the molecule is COC1CCC2(O)[C@H]3Cc4ccc(OCc5ccccc5)c5c4[C@@]2(CC[N+]3(C)CC2CC2)[C@H]1O5.O=S(=O)([O-])C(F)(F)F. The van der Waals surface area contributed by atoms with E-state index in [0.29, 0.717) is 6.61 Å². The molecule has 2 aromatic carbocycles. The molecule has 1 spiro atoms. The Morgan fingerprint density at radius 2 is 1.81 bits per heavy atom. The highest BCUT2D eigenvalue weighted by Crippen LogP contribution is 2.66. The molecule has 1 N–H and O–H groups in total. The molecule has 2 saturated carbocycles. The number of halogens is 3. The molecule has 2 aliphatic heterocycles. The Morgan fingerprint density at radius 1 is 1.12 bits per heavy atom. The molecule has 7 rings (SSSR count). The number of nitrogens with zero attached hydrogens (tertiary/aromatic N) is 1. The molecule has 1 saturated heterocycles. The summed E-state index contributed by atoms with van der Waals surface area (Å²) in [6, 6.07) is 14.8. The fourth-order valence-corrected chi connectivity index (χ4v) is 8.19. The number of alkyl halides is 3. The molecule has 2 heterocycles. The summed E-state index contributed by atoms with van der Waals surface area (Å²) in [5.74, 6) is 2.49. The molecule has 0 aromatic heterocycles. The van der Waals surface area contributed by atoms with Gasteiger partial charge in [-0.05, 0) is 42.9 Å². The maximum atomic E-state index is 12.7. The monoisotopic (exact) mass is 611 g/mol. The summed E-state index contributed by atoms with van der Waals surface area (Å²) in [4.78, 5) is 0. The van der Waals surface area contributed by atoms with Crippen LogP contribution in [0.15, 0.2) is 42.5 Å². The van der Waals surface area contributed by atoms with Crippen LogP contribution in [-0.4, -0.2) is 79.2 Å².